The number of carbonyl (C=O) groups is 1. The van der Waals surface area contributed by atoms with Crippen LogP contribution in [0, 0.1) is 5.92 Å². The Balaban J connectivity index is 1.47. The van der Waals surface area contributed by atoms with Gasteiger partial charge in [0.15, 0.2) is 0 Å². The molecule has 2 aromatic carbocycles. The van der Waals surface area contributed by atoms with Gasteiger partial charge in [-0.05, 0) is 68.6 Å². The molecule has 1 saturated heterocycles. The first-order valence-corrected chi connectivity index (χ1v) is 12.6. The van der Waals surface area contributed by atoms with Gasteiger partial charge in [-0.25, -0.2) is 0 Å². The third kappa shape index (κ3) is 6.51. The lowest BCUT2D eigenvalue weighted by Gasteiger charge is -2.38. The summed E-state index contributed by atoms with van der Waals surface area (Å²) < 4.78 is 17.5. The molecule has 1 fully saturated rings. The topological polar surface area (TPSA) is 51.2 Å². The van der Waals surface area contributed by atoms with Crippen molar-refractivity contribution in [3.8, 4) is 11.5 Å². The Bertz CT molecular complexity index is 917. The molecule has 6 heteroatoms. The SMILES string of the molecule is CCOc1ccc(CN2CCCC[C@H]3CN(CC[C@H]3OC)C(=O)c3cccc(c3)OCC2)cc1. The molecule has 0 aliphatic carbocycles. The monoisotopic (exact) mass is 466 g/mol. The van der Waals surface area contributed by atoms with E-state index in [1.54, 1.807) is 7.11 Å². The van der Waals surface area contributed by atoms with Gasteiger partial charge < -0.3 is 19.1 Å². The minimum Gasteiger partial charge on any atom is -0.494 e. The van der Waals surface area contributed by atoms with Crippen LogP contribution in [0.5, 0.6) is 11.5 Å². The first-order chi connectivity index (χ1) is 16.7. The van der Waals surface area contributed by atoms with E-state index >= 15 is 0 Å². The number of piperidine rings is 1. The standard InChI is InChI=1S/C28H38N2O4/c1-3-33-25-12-10-22(11-13-25)20-29-15-5-4-7-24-21-30(16-14-27(24)32-2)28(31)23-8-6-9-26(19-23)34-18-17-29/h6,8-13,19,24,27H,3-5,7,14-18,20-21H2,1-2H3/t24-,27+/m0/s1. The number of carbonyl (C=O) groups excluding carboxylic acids is 1. The van der Waals surface area contributed by atoms with Crippen LogP contribution in [0.4, 0.5) is 0 Å². The van der Waals surface area contributed by atoms with Crippen LogP contribution in [0.25, 0.3) is 0 Å². The number of hydrogen-bond acceptors (Lipinski definition) is 5. The number of rotatable bonds is 5. The number of hydrogen-bond donors (Lipinski definition) is 0. The van der Waals surface area contributed by atoms with E-state index in [0.29, 0.717) is 24.7 Å². The van der Waals surface area contributed by atoms with Crippen LogP contribution in [-0.2, 0) is 11.3 Å². The van der Waals surface area contributed by atoms with Crippen molar-refractivity contribution < 1.29 is 19.0 Å². The zero-order valence-electron chi connectivity index (χ0n) is 20.6. The third-order valence-corrected chi connectivity index (χ3v) is 6.95. The molecule has 6 nitrogen and oxygen atoms in total. The zero-order valence-corrected chi connectivity index (χ0v) is 20.6. The summed E-state index contributed by atoms with van der Waals surface area (Å²) in [5.41, 5.74) is 1.98. The Morgan fingerprint density at radius 3 is 2.68 bits per heavy atom. The molecule has 0 aromatic heterocycles. The molecule has 0 N–H and O–H groups in total. The molecule has 4 rings (SSSR count). The Kier molecular flexibility index (Phi) is 8.83. The van der Waals surface area contributed by atoms with Crippen LogP contribution in [0.3, 0.4) is 0 Å². The molecule has 0 saturated carbocycles. The van der Waals surface area contributed by atoms with Gasteiger partial charge in [-0.15, -0.1) is 0 Å². The third-order valence-electron chi connectivity index (χ3n) is 6.95. The van der Waals surface area contributed by atoms with Crippen molar-refractivity contribution in [2.45, 2.75) is 45.3 Å². The average Bonchev–Trinajstić information content (AvgIpc) is 2.87. The van der Waals surface area contributed by atoms with Gasteiger partial charge in [-0.1, -0.05) is 24.6 Å². The Morgan fingerprint density at radius 1 is 1.03 bits per heavy atom. The first-order valence-electron chi connectivity index (χ1n) is 12.6. The molecular weight excluding hydrogens is 428 g/mol. The number of methoxy groups -OCH3 is 1. The van der Waals surface area contributed by atoms with Gasteiger partial charge in [0.05, 0.1) is 12.7 Å². The second-order valence-corrected chi connectivity index (χ2v) is 9.30. The van der Waals surface area contributed by atoms with E-state index in [1.807, 2.05) is 48.2 Å². The van der Waals surface area contributed by atoms with Gasteiger partial charge >= 0.3 is 0 Å². The molecule has 1 amide bonds. The fraction of sp³-hybridized carbons (Fsp3) is 0.536. The maximum absolute atomic E-state index is 13.2. The van der Waals surface area contributed by atoms with Crippen LogP contribution in [0.1, 0.15) is 48.5 Å². The van der Waals surface area contributed by atoms with Crippen molar-refractivity contribution in [1.29, 1.82) is 0 Å². The fourth-order valence-electron chi connectivity index (χ4n) is 5.10. The molecule has 0 radical (unpaired) electrons. The molecule has 2 aliphatic rings. The van der Waals surface area contributed by atoms with Crippen molar-refractivity contribution in [3.05, 3.63) is 59.7 Å². The van der Waals surface area contributed by atoms with Gasteiger partial charge in [-0.2, -0.15) is 0 Å². The number of fused-ring (bicyclic) bond motifs is 4. The first kappa shape index (κ1) is 24.6. The lowest BCUT2D eigenvalue weighted by molar-refractivity contribution is -0.00676. The van der Waals surface area contributed by atoms with Crippen LogP contribution in [-0.4, -0.2) is 68.3 Å². The minimum absolute atomic E-state index is 0.0944. The van der Waals surface area contributed by atoms with Crippen molar-refractivity contribution in [1.82, 2.24) is 9.80 Å². The Hall–Kier alpha value is -2.57. The summed E-state index contributed by atoms with van der Waals surface area (Å²) in [5, 5.41) is 0. The summed E-state index contributed by atoms with van der Waals surface area (Å²) in [6.45, 7) is 7.51. The molecule has 2 atom stereocenters. The quantitative estimate of drug-likeness (QED) is 0.643. The van der Waals surface area contributed by atoms with Gasteiger partial charge in [-0.3, -0.25) is 9.69 Å². The second-order valence-electron chi connectivity index (χ2n) is 9.30. The molecular formula is C28H38N2O4. The van der Waals surface area contributed by atoms with E-state index in [1.165, 1.54) is 5.56 Å². The molecule has 0 unspecified atom stereocenters. The molecule has 184 valence electrons. The molecule has 0 spiro atoms. The molecule has 2 heterocycles. The highest BCUT2D eigenvalue weighted by molar-refractivity contribution is 5.94. The van der Waals surface area contributed by atoms with Gasteiger partial charge in [0.25, 0.3) is 5.91 Å². The van der Waals surface area contributed by atoms with Crippen LogP contribution >= 0.6 is 0 Å². The number of nitrogens with zero attached hydrogens (tertiary/aromatic N) is 2. The molecule has 34 heavy (non-hydrogen) atoms. The largest absolute Gasteiger partial charge is 0.494 e. The van der Waals surface area contributed by atoms with Crippen molar-refractivity contribution in [3.63, 3.8) is 0 Å². The lowest BCUT2D eigenvalue weighted by atomic mass is 9.89. The maximum Gasteiger partial charge on any atom is 0.254 e. The summed E-state index contributed by atoms with van der Waals surface area (Å²) in [5.74, 6) is 2.14. The summed E-state index contributed by atoms with van der Waals surface area (Å²) in [7, 11) is 1.80. The predicted molar refractivity (Wildman–Crippen MR) is 133 cm³/mol. The summed E-state index contributed by atoms with van der Waals surface area (Å²) in [6, 6.07) is 16.0. The van der Waals surface area contributed by atoms with Gasteiger partial charge in [0.1, 0.15) is 18.1 Å². The highest BCUT2D eigenvalue weighted by Crippen LogP contribution is 2.27. The van der Waals surface area contributed by atoms with Crippen LogP contribution in [0.15, 0.2) is 48.5 Å². The molecule has 4 bridgehead atoms. The second kappa shape index (κ2) is 12.2. The highest BCUT2D eigenvalue weighted by atomic mass is 16.5. The smallest absolute Gasteiger partial charge is 0.254 e. The van der Waals surface area contributed by atoms with Crippen molar-refractivity contribution >= 4 is 5.91 Å². The number of ether oxygens (including phenoxy) is 3. The molecule has 2 aromatic rings. The van der Waals surface area contributed by atoms with Gasteiger partial charge in [0.2, 0.25) is 0 Å². The number of amides is 1. The normalized spacial score (nSPS) is 22.4. The average molecular weight is 467 g/mol. The van der Waals surface area contributed by atoms with E-state index in [-0.39, 0.29) is 12.0 Å². The lowest BCUT2D eigenvalue weighted by Crippen LogP contribution is -2.46. The van der Waals surface area contributed by atoms with Crippen molar-refractivity contribution in [2.24, 2.45) is 5.92 Å². The molecule has 2 aliphatic heterocycles. The zero-order chi connectivity index (χ0) is 23.8. The fourth-order valence-corrected chi connectivity index (χ4v) is 5.10. The van der Waals surface area contributed by atoms with Crippen molar-refractivity contribution in [2.75, 3.05) is 46.5 Å². The van der Waals surface area contributed by atoms with Crippen LogP contribution in [0.2, 0.25) is 0 Å². The summed E-state index contributed by atoms with van der Waals surface area (Å²) >= 11 is 0. The predicted octanol–water partition coefficient (Wildman–Crippen LogP) is 4.63. The number of benzene rings is 2. The highest BCUT2D eigenvalue weighted by Gasteiger charge is 2.31. The van der Waals surface area contributed by atoms with E-state index in [9.17, 15) is 4.79 Å². The van der Waals surface area contributed by atoms with Crippen LogP contribution < -0.4 is 9.47 Å². The van der Waals surface area contributed by atoms with E-state index in [2.05, 4.69) is 17.0 Å². The van der Waals surface area contributed by atoms with Gasteiger partial charge in [0, 0.05) is 44.8 Å². The Labute approximate surface area is 203 Å². The summed E-state index contributed by atoms with van der Waals surface area (Å²) in [4.78, 5) is 17.6. The maximum atomic E-state index is 13.2. The van der Waals surface area contributed by atoms with E-state index in [0.717, 1.165) is 69.9 Å². The Morgan fingerprint density at radius 2 is 1.88 bits per heavy atom. The van der Waals surface area contributed by atoms with E-state index in [4.69, 9.17) is 14.2 Å². The minimum atomic E-state index is 0.0944. The summed E-state index contributed by atoms with van der Waals surface area (Å²) in [6.07, 6.45) is 4.45. The van der Waals surface area contributed by atoms with E-state index < -0.39 is 0 Å².